The fraction of sp³-hybridized carbons (Fsp3) is 0.438. The van der Waals surface area contributed by atoms with Crippen molar-refractivity contribution in [3.63, 3.8) is 0 Å². The Kier molecular flexibility index (Phi) is 5.52. The monoisotopic (exact) mass is 368 g/mol. The van der Waals surface area contributed by atoms with Crippen molar-refractivity contribution < 1.29 is 18.0 Å². The van der Waals surface area contributed by atoms with Crippen LogP contribution >= 0.6 is 0 Å². The molecule has 1 aliphatic rings. The first-order chi connectivity index (χ1) is 12.4. The van der Waals surface area contributed by atoms with Crippen LogP contribution in [0, 0.1) is 0 Å². The highest BCUT2D eigenvalue weighted by Gasteiger charge is 2.43. The predicted octanol–water partition coefficient (Wildman–Crippen LogP) is 0.833. The Bertz CT molecular complexity index is 728. The summed E-state index contributed by atoms with van der Waals surface area (Å²) in [4.78, 5) is 17.8. The van der Waals surface area contributed by atoms with E-state index in [1.54, 1.807) is 18.5 Å². The number of nitrogens with one attached hydrogen (secondary N) is 2. The van der Waals surface area contributed by atoms with E-state index >= 15 is 0 Å². The van der Waals surface area contributed by atoms with Crippen molar-refractivity contribution >= 4 is 5.91 Å². The molecule has 0 aromatic carbocycles. The number of halogens is 3. The molecule has 0 radical (unpaired) electrons. The smallest absolute Gasteiger partial charge is 0.350 e. The summed E-state index contributed by atoms with van der Waals surface area (Å²) in [5.74, 6) is -0.165. The van der Waals surface area contributed by atoms with E-state index in [1.807, 2.05) is 0 Å². The molecule has 0 bridgehead atoms. The molecular formula is C16H19F3N6O. The van der Waals surface area contributed by atoms with E-state index in [1.165, 1.54) is 27.9 Å². The van der Waals surface area contributed by atoms with Crippen molar-refractivity contribution in [1.29, 1.82) is 0 Å². The minimum atomic E-state index is -4.41. The first-order valence-electron chi connectivity index (χ1n) is 8.21. The van der Waals surface area contributed by atoms with E-state index < -0.39 is 24.7 Å². The lowest BCUT2D eigenvalue weighted by atomic mass is 10.2. The third-order valence-corrected chi connectivity index (χ3v) is 4.17. The highest BCUT2D eigenvalue weighted by molar-refractivity contribution is 5.94. The summed E-state index contributed by atoms with van der Waals surface area (Å²) in [7, 11) is 0. The summed E-state index contributed by atoms with van der Waals surface area (Å²) < 4.78 is 41.6. The lowest BCUT2D eigenvalue weighted by molar-refractivity contribution is -0.183. The Morgan fingerprint density at radius 3 is 2.73 bits per heavy atom. The van der Waals surface area contributed by atoms with E-state index in [0.29, 0.717) is 32.0 Å². The first kappa shape index (κ1) is 18.3. The molecule has 26 heavy (non-hydrogen) atoms. The molecule has 7 nitrogen and oxygen atoms in total. The van der Waals surface area contributed by atoms with E-state index in [-0.39, 0.29) is 5.56 Å². The molecule has 1 amide bonds. The maximum absolute atomic E-state index is 13.4. The number of alkyl halides is 3. The Morgan fingerprint density at radius 2 is 2.08 bits per heavy atom. The van der Waals surface area contributed by atoms with Gasteiger partial charge in [0, 0.05) is 56.9 Å². The average molecular weight is 368 g/mol. The maximum atomic E-state index is 13.4. The van der Waals surface area contributed by atoms with E-state index in [0.717, 1.165) is 0 Å². The molecule has 1 aliphatic heterocycles. The molecule has 140 valence electrons. The van der Waals surface area contributed by atoms with E-state index in [9.17, 15) is 18.0 Å². The van der Waals surface area contributed by atoms with Crippen LogP contribution in [0.15, 0.2) is 36.8 Å². The Labute approximate surface area is 148 Å². The van der Waals surface area contributed by atoms with Gasteiger partial charge in [0.05, 0.1) is 0 Å². The highest BCUT2D eigenvalue weighted by atomic mass is 19.4. The van der Waals surface area contributed by atoms with Crippen LogP contribution in [0.2, 0.25) is 0 Å². The highest BCUT2D eigenvalue weighted by Crippen LogP contribution is 2.24. The molecule has 0 spiro atoms. The molecule has 3 heterocycles. The molecule has 0 saturated carbocycles. The second-order valence-corrected chi connectivity index (χ2v) is 5.91. The number of hydrogen-bond acceptors (Lipinski definition) is 5. The Morgan fingerprint density at radius 1 is 1.31 bits per heavy atom. The molecule has 10 heteroatoms. The van der Waals surface area contributed by atoms with Gasteiger partial charge in [-0.2, -0.15) is 18.3 Å². The second kappa shape index (κ2) is 7.83. The fourth-order valence-corrected chi connectivity index (χ4v) is 2.83. The number of carbonyl (C=O) groups is 1. The number of hydrogen-bond donors (Lipinski definition) is 2. The molecule has 2 aromatic heterocycles. The topological polar surface area (TPSA) is 75.1 Å². The van der Waals surface area contributed by atoms with Crippen molar-refractivity contribution in [2.45, 2.75) is 12.2 Å². The maximum Gasteiger partial charge on any atom is 0.405 e. The van der Waals surface area contributed by atoms with Crippen LogP contribution in [0.3, 0.4) is 0 Å². The summed E-state index contributed by atoms with van der Waals surface area (Å²) in [5.41, 5.74) is 0.228. The van der Waals surface area contributed by atoms with Gasteiger partial charge < -0.3 is 10.6 Å². The SMILES string of the molecule is O=C(NCC(N1CCNCC1)C(F)(F)F)c1ccnc(-n2cccn2)c1. The van der Waals surface area contributed by atoms with Crippen LogP contribution in [0.25, 0.3) is 5.82 Å². The normalized spacial score (nSPS) is 17.0. The third kappa shape index (κ3) is 4.38. The van der Waals surface area contributed by atoms with Gasteiger partial charge in [-0.25, -0.2) is 9.67 Å². The first-order valence-corrected chi connectivity index (χ1v) is 8.21. The number of pyridine rings is 1. The predicted molar refractivity (Wildman–Crippen MR) is 88.0 cm³/mol. The van der Waals surface area contributed by atoms with Crippen LogP contribution in [0.1, 0.15) is 10.4 Å². The molecule has 1 fully saturated rings. The number of piperazine rings is 1. The van der Waals surface area contributed by atoms with Crippen LogP contribution < -0.4 is 10.6 Å². The summed E-state index contributed by atoms with van der Waals surface area (Å²) >= 11 is 0. The fourth-order valence-electron chi connectivity index (χ4n) is 2.83. The standard InChI is InChI=1S/C16H19F3N6O/c17-16(18,19)13(24-8-5-20-6-9-24)11-22-15(26)12-2-4-21-14(10-12)25-7-1-3-23-25/h1-4,7,10,13,20H,5-6,8-9,11H2,(H,22,26). The molecule has 0 aliphatic carbocycles. The molecule has 1 unspecified atom stereocenters. The zero-order valence-corrected chi connectivity index (χ0v) is 13.9. The van der Waals surface area contributed by atoms with Crippen molar-refractivity contribution in [2.24, 2.45) is 0 Å². The molecule has 1 atom stereocenters. The van der Waals surface area contributed by atoms with E-state index in [2.05, 4.69) is 20.7 Å². The molecule has 1 saturated heterocycles. The lowest BCUT2D eigenvalue weighted by Crippen LogP contribution is -2.57. The zero-order chi connectivity index (χ0) is 18.6. The van der Waals surface area contributed by atoms with Gasteiger partial charge in [-0.05, 0) is 18.2 Å². The average Bonchev–Trinajstić information content (AvgIpc) is 3.16. The third-order valence-electron chi connectivity index (χ3n) is 4.17. The quantitative estimate of drug-likeness (QED) is 0.818. The number of nitrogens with zero attached hydrogens (tertiary/aromatic N) is 4. The summed E-state index contributed by atoms with van der Waals surface area (Å²) in [6.45, 7) is 1.08. The number of amides is 1. The number of aromatic nitrogens is 3. The molecule has 3 rings (SSSR count). The second-order valence-electron chi connectivity index (χ2n) is 5.91. The van der Waals surface area contributed by atoms with Gasteiger partial charge in [0.15, 0.2) is 5.82 Å². The van der Waals surface area contributed by atoms with Crippen LogP contribution in [0.4, 0.5) is 13.2 Å². The lowest BCUT2D eigenvalue weighted by Gasteiger charge is -2.35. The Balaban J connectivity index is 1.67. The molecule has 2 N–H and O–H groups in total. The van der Waals surface area contributed by atoms with Gasteiger partial charge in [0.25, 0.3) is 5.91 Å². The minimum absolute atomic E-state index is 0.228. The van der Waals surface area contributed by atoms with Crippen LogP contribution in [0.5, 0.6) is 0 Å². The van der Waals surface area contributed by atoms with Gasteiger partial charge in [0.2, 0.25) is 0 Å². The zero-order valence-electron chi connectivity index (χ0n) is 13.9. The van der Waals surface area contributed by atoms with Crippen LogP contribution in [-0.2, 0) is 0 Å². The number of carbonyl (C=O) groups excluding carboxylic acids is 1. The minimum Gasteiger partial charge on any atom is -0.350 e. The summed E-state index contributed by atoms with van der Waals surface area (Å²) in [6.07, 6.45) is 0.233. The summed E-state index contributed by atoms with van der Waals surface area (Å²) in [6, 6.07) is 2.93. The van der Waals surface area contributed by atoms with Gasteiger partial charge in [-0.3, -0.25) is 9.69 Å². The van der Waals surface area contributed by atoms with Crippen LogP contribution in [-0.4, -0.2) is 70.5 Å². The summed E-state index contributed by atoms with van der Waals surface area (Å²) in [5, 5.41) is 9.43. The van der Waals surface area contributed by atoms with Gasteiger partial charge in [0.1, 0.15) is 6.04 Å². The largest absolute Gasteiger partial charge is 0.405 e. The van der Waals surface area contributed by atoms with Crippen molar-refractivity contribution in [3.8, 4) is 5.82 Å². The molecule has 2 aromatic rings. The van der Waals surface area contributed by atoms with Gasteiger partial charge >= 0.3 is 6.18 Å². The van der Waals surface area contributed by atoms with Gasteiger partial charge in [-0.15, -0.1) is 0 Å². The van der Waals surface area contributed by atoms with Crippen molar-refractivity contribution in [1.82, 2.24) is 30.3 Å². The Hall–Kier alpha value is -2.46. The van der Waals surface area contributed by atoms with Crippen molar-refractivity contribution in [2.75, 3.05) is 32.7 Å². The number of rotatable bonds is 5. The van der Waals surface area contributed by atoms with Crippen molar-refractivity contribution in [3.05, 3.63) is 42.4 Å². The van der Waals surface area contributed by atoms with E-state index in [4.69, 9.17) is 0 Å². The van der Waals surface area contributed by atoms with Gasteiger partial charge in [-0.1, -0.05) is 0 Å². The molecular weight excluding hydrogens is 349 g/mol.